The van der Waals surface area contributed by atoms with Gasteiger partial charge in [0.15, 0.2) is 6.29 Å². The third kappa shape index (κ3) is 3.94. The molecule has 1 atom stereocenters. The van der Waals surface area contributed by atoms with Crippen LogP contribution in [0.1, 0.15) is 25.5 Å². The van der Waals surface area contributed by atoms with Crippen molar-refractivity contribution in [1.29, 1.82) is 0 Å². The van der Waals surface area contributed by atoms with Crippen molar-refractivity contribution in [2.75, 3.05) is 20.8 Å². The quantitative estimate of drug-likeness (QED) is 0.724. The van der Waals surface area contributed by atoms with E-state index < -0.39 is 18.2 Å². The molecule has 1 heterocycles. The number of ether oxygens (including phenoxy) is 3. The number of hydrogen-bond acceptors (Lipinski definition) is 5. The molecule has 0 aliphatic rings. The average Bonchev–Trinajstić information content (AvgIpc) is 2.70. The van der Waals surface area contributed by atoms with Gasteiger partial charge in [-0.2, -0.15) is 5.10 Å². The van der Waals surface area contributed by atoms with Crippen LogP contribution >= 0.6 is 0 Å². The highest BCUT2D eigenvalue weighted by Gasteiger charge is 2.27. The largest absolute Gasteiger partial charge is 0.481 e. The minimum absolute atomic E-state index is 0.0547. The summed E-state index contributed by atoms with van der Waals surface area (Å²) in [6.07, 6.45) is -0.478. The number of carbonyl (C=O) groups is 1. The second kappa shape index (κ2) is 7.25. The van der Waals surface area contributed by atoms with E-state index in [1.165, 1.54) is 18.9 Å². The van der Waals surface area contributed by atoms with Crippen LogP contribution in [-0.4, -0.2) is 48.0 Å². The molecule has 1 aromatic rings. The van der Waals surface area contributed by atoms with Crippen molar-refractivity contribution in [3.63, 3.8) is 0 Å². The molecule has 0 saturated heterocycles. The van der Waals surface area contributed by atoms with Crippen molar-refractivity contribution >= 4 is 5.97 Å². The van der Waals surface area contributed by atoms with E-state index in [0.29, 0.717) is 11.6 Å². The third-order valence-corrected chi connectivity index (χ3v) is 3.00. The van der Waals surface area contributed by atoms with Crippen molar-refractivity contribution in [2.24, 2.45) is 13.0 Å². The Labute approximate surface area is 118 Å². The predicted octanol–water partition coefficient (Wildman–Crippen LogP) is 1.24. The van der Waals surface area contributed by atoms with Gasteiger partial charge >= 0.3 is 5.97 Å². The second-order valence-electron chi connectivity index (χ2n) is 4.80. The van der Waals surface area contributed by atoms with Gasteiger partial charge in [-0.05, 0) is 5.92 Å². The van der Waals surface area contributed by atoms with Gasteiger partial charge in [-0.25, -0.2) is 4.68 Å². The first kappa shape index (κ1) is 16.5. The molecule has 1 N–H and O–H groups in total. The first-order valence-corrected chi connectivity index (χ1v) is 6.35. The fraction of sp³-hybridized carbons (Fsp3) is 0.692. The van der Waals surface area contributed by atoms with Crippen LogP contribution in [0.2, 0.25) is 0 Å². The molecule has 1 aromatic heterocycles. The van der Waals surface area contributed by atoms with Crippen LogP contribution in [0.3, 0.4) is 0 Å². The molecular formula is C13H22N2O5. The molecule has 7 nitrogen and oxygen atoms in total. The van der Waals surface area contributed by atoms with Gasteiger partial charge in [0, 0.05) is 27.3 Å². The van der Waals surface area contributed by atoms with Crippen LogP contribution in [0.25, 0.3) is 0 Å². The zero-order valence-corrected chi connectivity index (χ0v) is 12.5. The van der Waals surface area contributed by atoms with E-state index in [1.54, 1.807) is 13.1 Å². The van der Waals surface area contributed by atoms with Crippen LogP contribution in [0.5, 0.6) is 5.88 Å². The minimum Gasteiger partial charge on any atom is -0.481 e. The smallest absolute Gasteiger partial charge is 0.312 e. The van der Waals surface area contributed by atoms with Gasteiger partial charge in [0.1, 0.15) is 12.5 Å². The molecule has 20 heavy (non-hydrogen) atoms. The Bertz CT molecular complexity index is 440. The Hall–Kier alpha value is -1.60. The highest BCUT2D eigenvalue weighted by atomic mass is 16.7. The van der Waals surface area contributed by atoms with Gasteiger partial charge in [-0.15, -0.1) is 0 Å². The monoisotopic (exact) mass is 286 g/mol. The highest BCUT2D eigenvalue weighted by Crippen LogP contribution is 2.26. The lowest BCUT2D eigenvalue weighted by molar-refractivity contribution is -0.140. The molecule has 0 aromatic carbocycles. The number of hydrogen-bond donors (Lipinski definition) is 1. The molecule has 114 valence electrons. The number of methoxy groups -OCH3 is 2. The average molecular weight is 286 g/mol. The lowest BCUT2D eigenvalue weighted by Crippen LogP contribution is -2.22. The van der Waals surface area contributed by atoms with E-state index in [2.05, 4.69) is 5.10 Å². The summed E-state index contributed by atoms with van der Waals surface area (Å²) in [5.74, 6) is -1.12. The molecule has 7 heteroatoms. The van der Waals surface area contributed by atoms with Crippen molar-refractivity contribution < 1.29 is 24.1 Å². The second-order valence-corrected chi connectivity index (χ2v) is 4.80. The van der Waals surface area contributed by atoms with Gasteiger partial charge in [-0.1, -0.05) is 13.8 Å². The SMILES string of the molecule is COC(COc1cc(C(C(=O)O)C(C)C)nn1C)OC. The first-order chi connectivity index (χ1) is 9.40. The van der Waals surface area contributed by atoms with Crippen molar-refractivity contribution in [2.45, 2.75) is 26.1 Å². The summed E-state index contributed by atoms with van der Waals surface area (Å²) < 4.78 is 17.1. The van der Waals surface area contributed by atoms with Crippen molar-refractivity contribution in [3.05, 3.63) is 11.8 Å². The molecule has 1 rings (SSSR count). The maximum absolute atomic E-state index is 11.3. The number of aliphatic carboxylic acids is 1. The van der Waals surface area contributed by atoms with E-state index in [9.17, 15) is 9.90 Å². The van der Waals surface area contributed by atoms with Gasteiger partial charge in [0.25, 0.3) is 0 Å². The van der Waals surface area contributed by atoms with E-state index >= 15 is 0 Å². The fourth-order valence-electron chi connectivity index (χ4n) is 1.90. The summed E-state index contributed by atoms with van der Waals surface area (Å²) in [6, 6.07) is 1.64. The third-order valence-electron chi connectivity index (χ3n) is 3.00. The van der Waals surface area contributed by atoms with E-state index in [-0.39, 0.29) is 12.5 Å². The summed E-state index contributed by atoms with van der Waals surface area (Å²) in [5, 5.41) is 13.5. The van der Waals surface area contributed by atoms with E-state index in [0.717, 1.165) is 0 Å². The summed E-state index contributed by atoms with van der Waals surface area (Å²) in [5.41, 5.74) is 0.483. The summed E-state index contributed by atoms with van der Waals surface area (Å²) in [7, 11) is 4.74. The molecule has 0 saturated carbocycles. The Morgan fingerprint density at radius 3 is 2.45 bits per heavy atom. The molecule has 0 aliphatic carbocycles. The molecule has 0 bridgehead atoms. The normalized spacial score (nSPS) is 12.9. The van der Waals surface area contributed by atoms with E-state index in [4.69, 9.17) is 14.2 Å². The number of aryl methyl sites for hydroxylation is 1. The van der Waals surface area contributed by atoms with Crippen LogP contribution in [0, 0.1) is 5.92 Å². The number of rotatable bonds is 8. The fourth-order valence-corrected chi connectivity index (χ4v) is 1.90. The van der Waals surface area contributed by atoms with E-state index in [1.807, 2.05) is 13.8 Å². The topological polar surface area (TPSA) is 82.8 Å². The Kier molecular flexibility index (Phi) is 5.97. The first-order valence-electron chi connectivity index (χ1n) is 6.35. The number of carboxylic acid groups (broad SMARTS) is 1. The maximum atomic E-state index is 11.3. The lowest BCUT2D eigenvalue weighted by atomic mass is 9.93. The van der Waals surface area contributed by atoms with Crippen LogP contribution < -0.4 is 4.74 Å². The minimum atomic E-state index is -0.892. The molecular weight excluding hydrogens is 264 g/mol. The molecule has 0 amide bonds. The summed E-state index contributed by atoms with van der Waals surface area (Å²) in [4.78, 5) is 11.3. The summed E-state index contributed by atoms with van der Waals surface area (Å²) >= 11 is 0. The zero-order valence-electron chi connectivity index (χ0n) is 12.5. The van der Waals surface area contributed by atoms with Gasteiger partial charge in [0.05, 0.1) is 5.69 Å². The molecule has 1 unspecified atom stereocenters. The summed E-state index contributed by atoms with van der Waals surface area (Å²) in [6.45, 7) is 3.89. The molecule has 0 fully saturated rings. The van der Waals surface area contributed by atoms with Gasteiger partial charge < -0.3 is 19.3 Å². The van der Waals surface area contributed by atoms with Crippen LogP contribution in [-0.2, 0) is 21.3 Å². The zero-order chi connectivity index (χ0) is 15.3. The molecule has 0 spiro atoms. The number of aromatic nitrogens is 2. The van der Waals surface area contributed by atoms with Gasteiger partial charge in [0.2, 0.25) is 5.88 Å². The predicted molar refractivity (Wildman–Crippen MR) is 71.7 cm³/mol. The van der Waals surface area contributed by atoms with Crippen LogP contribution in [0.15, 0.2) is 6.07 Å². The van der Waals surface area contributed by atoms with Crippen molar-refractivity contribution in [1.82, 2.24) is 9.78 Å². The molecule has 0 radical (unpaired) electrons. The van der Waals surface area contributed by atoms with Gasteiger partial charge in [-0.3, -0.25) is 4.79 Å². The Morgan fingerprint density at radius 2 is 2.00 bits per heavy atom. The van der Waals surface area contributed by atoms with Crippen molar-refractivity contribution in [3.8, 4) is 5.88 Å². The maximum Gasteiger partial charge on any atom is 0.312 e. The standard InChI is InChI=1S/C13H22N2O5/c1-8(2)12(13(16)17)9-6-10(15(3)14-9)20-7-11(18-4)19-5/h6,8,11-12H,7H2,1-5H3,(H,16,17). The Balaban J connectivity index is 2.84. The number of carboxylic acids is 1. The Morgan fingerprint density at radius 1 is 1.40 bits per heavy atom. The highest BCUT2D eigenvalue weighted by molar-refractivity contribution is 5.75. The lowest BCUT2D eigenvalue weighted by Gasteiger charge is -2.14. The molecule has 0 aliphatic heterocycles. The number of nitrogens with zero attached hydrogens (tertiary/aromatic N) is 2. The van der Waals surface area contributed by atoms with Crippen LogP contribution in [0.4, 0.5) is 0 Å².